The van der Waals surface area contributed by atoms with E-state index in [9.17, 15) is 28.5 Å². The van der Waals surface area contributed by atoms with Crippen LogP contribution in [-0.2, 0) is 9.13 Å². The van der Waals surface area contributed by atoms with Crippen LogP contribution in [0.2, 0.25) is 0 Å². The molecule has 2 amide bonds. The van der Waals surface area contributed by atoms with Crippen molar-refractivity contribution in [3.8, 4) is 33.8 Å². The summed E-state index contributed by atoms with van der Waals surface area (Å²) in [7, 11) is -7.83. The zero-order valence-electron chi connectivity index (χ0n) is 28.8. The molecule has 12 nitrogen and oxygen atoms in total. The second-order valence-electron chi connectivity index (χ2n) is 12.4. The van der Waals surface area contributed by atoms with E-state index in [1.165, 1.54) is 0 Å². The van der Waals surface area contributed by atoms with Gasteiger partial charge in [-0.05, 0) is 95.1 Å². The number of rotatable bonds is 10. The van der Waals surface area contributed by atoms with Gasteiger partial charge in [0, 0.05) is 24.5 Å². The van der Waals surface area contributed by atoms with E-state index >= 15 is 0 Å². The summed E-state index contributed by atoms with van der Waals surface area (Å²) in [5.74, 6) is -0.294. The van der Waals surface area contributed by atoms with E-state index in [-0.39, 0.29) is 23.3 Å². The van der Waals surface area contributed by atoms with Gasteiger partial charge in [-0.15, -0.1) is 0 Å². The Labute approximate surface area is 309 Å². The maximum atomic E-state index is 13.4. The molecule has 0 saturated heterocycles. The zero-order valence-corrected chi connectivity index (χ0v) is 30.5. The van der Waals surface area contributed by atoms with Gasteiger partial charge in [-0.2, -0.15) is 0 Å². The largest absolute Gasteiger partial charge is 0.769 e. The van der Waals surface area contributed by atoms with Gasteiger partial charge in [0.1, 0.15) is 22.5 Å². The second kappa shape index (κ2) is 14.7. The Morgan fingerprint density at radius 1 is 0.500 bits per heavy atom. The SMILES string of the molecule is CP(=O)([O-])Oc1ccc(-c2ccc(C(=O)Nc3cccc4nc5cccc(NC(=O)c6ccc(-c7ccc(OP(C)(=O)[O-])cc7)cc6)c5nc34)cc2)cc1. The average molecular weight is 757 g/mol. The molecule has 6 aromatic carbocycles. The van der Waals surface area contributed by atoms with Crippen LogP contribution in [0.5, 0.6) is 11.5 Å². The van der Waals surface area contributed by atoms with Crippen LogP contribution in [0.25, 0.3) is 44.3 Å². The minimum absolute atomic E-state index is 0.216. The Morgan fingerprint density at radius 3 is 1.17 bits per heavy atom. The first-order chi connectivity index (χ1) is 25.8. The molecule has 1 aromatic heterocycles. The zero-order chi connectivity index (χ0) is 38.0. The van der Waals surface area contributed by atoms with Crippen LogP contribution in [0.3, 0.4) is 0 Å². The van der Waals surface area contributed by atoms with Crippen molar-refractivity contribution < 1.29 is 37.6 Å². The predicted molar refractivity (Wildman–Crippen MR) is 205 cm³/mol. The molecule has 0 aliphatic carbocycles. The highest BCUT2D eigenvalue weighted by Crippen LogP contribution is 2.36. The van der Waals surface area contributed by atoms with Crippen LogP contribution in [0.1, 0.15) is 20.7 Å². The van der Waals surface area contributed by atoms with E-state index in [4.69, 9.17) is 19.0 Å². The second-order valence-corrected chi connectivity index (χ2v) is 15.9. The Bertz CT molecular complexity index is 2440. The first-order valence-corrected chi connectivity index (χ1v) is 20.5. The van der Waals surface area contributed by atoms with Crippen LogP contribution in [0.15, 0.2) is 133 Å². The highest BCUT2D eigenvalue weighted by Gasteiger charge is 2.15. The van der Waals surface area contributed by atoms with Gasteiger partial charge >= 0.3 is 0 Å². The molecular formula is C40H30N4O8P2-2. The van der Waals surface area contributed by atoms with Gasteiger partial charge in [0.2, 0.25) is 0 Å². The van der Waals surface area contributed by atoms with E-state index in [0.29, 0.717) is 44.6 Å². The van der Waals surface area contributed by atoms with Crippen LogP contribution >= 0.6 is 15.2 Å². The van der Waals surface area contributed by atoms with Crippen molar-refractivity contribution in [3.05, 3.63) is 145 Å². The van der Waals surface area contributed by atoms with Gasteiger partial charge in [0.25, 0.3) is 11.8 Å². The van der Waals surface area contributed by atoms with E-state index in [1.54, 1.807) is 133 Å². The quantitative estimate of drug-likeness (QED) is 0.103. The third-order valence-electron chi connectivity index (χ3n) is 8.20. The third-order valence-corrected chi connectivity index (χ3v) is 9.29. The molecule has 0 spiro atoms. The summed E-state index contributed by atoms with van der Waals surface area (Å²) in [5.41, 5.74) is 6.92. The molecule has 2 unspecified atom stereocenters. The van der Waals surface area contributed by atoms with Crippen molar-refractivity contribution >= 4 is 60.4 Å². The number of para-hydroxylation sites is 2. The Hall–Kier alpha value is -6.16. The molecule has 270 valence electrons. The third kappa shape index (κ3) is 8.55. The normalized spacial score (nSPS) is 13.4. The number of hydrogen-bond acceptors (Lipinski definition) is 10. The monoisotopic (exact) mass is 756 g/mol. The summed E-state index contributed by atoms with van der Waals surface area (Å²) in [6, 6.07) is 37.7. The van der Waals surface area contributed by atoms with Crippen molar-refractivity contribution in [2.75, 3.05) is 24.0 Å². The topological polar surface area (TPSA) is 183 Å². The summed E-state index contributed by atoms with van der Waals surface area (Å²) >= 11 is 0. The number of fused-ring (bicyclic) bond motifs is 2. The summed E-state index contributed by atoms with van der Waals surface area (Å²) < 4.78 is 32.7. The minimum Gasteiger partial charge on any atom is -0.769 e. The molecule has 7 aromatic rings. The maximum absolute atomic E-state index is 13.4. The number of benzene rings is 6. The number of carbonyl (C=O) groups excluding carboxylic acids is 2. The lowest BCUT2D eigenvalue weighted by Gasteiger charge is -2.19. The van der Waals surface area contributed by atoms with Gasteiger partial charge in [0.15, 0.2) is 15.2 Å². The van der Waals surface area contributed by atoms with Crippen molar-refractivity contribution in [2.45, 2.75) is 0 Å². The fourth-order valence-corrected chi connectivity index (χ4v) is 6.75. The number of nitrogens with zero attached hydrogens (tertiary/aromatic N) is 2. The molecule has 0 aliphatic rings. The van der Waals surface area contributed by atoms with Crippen LogP contribution in [-0.4, -0.2) is 35.1 Å². The fourth-order valence-electron chi connectivity index (χ4n) is 5.74. The minimum atomic E-state index is -3.92. The molecule has 1 heterocycles. The summed E-state index contributed by atoms with van der Waals surface area (Å²) in [6.07, 6.45) is 0. The van der Waals surface area contributed by atoms with Gasteiger partial charge in [-0.3, -0.25) is 18.7 Å². The maximum Gasteiger partial charge on any atom is 0.255 e. The van der Waals surface area contributed by atoms with Crippen LogP contribution in [0, 0.1) is 0 Å². The highest BCUT2D eigenvalue weighted by molar-refractivity contribution is 7.51. The number of carbonyl (C=O) groups is 2. The van der Waals surface area contributed by atoms with Crippen molar-refractivity contribution in [1.29, 1.82) is 0 Å². The van der Waals surface area contributed by atoms with E-state index < -0.39 is 15.2 Å². The number of anilines is 2. The van der Waals surface area contributed by atoms with Gasteiger partial charge in [0.05, 0.1) is 22.4 Å². The molecule has 0 bridgehead atoms. The standard InChI is InChI=1S/C40H32N4O8P2/c1-53(47,48)51-31-21-17-27(18-22-31)25-9-13-29(14-10-25)39(45)42-35-7-3-5-33-37(35)44-38-34(41-33)6-4-8-36(38)43-40(46)30-15-11-26(12-16-30)28-19-23-32(24-20-28)52-54(2,49)50/h3-24H,1-2H3,(H,42,45)(H,43,46)(H,47,48)(H,49,50)/p-2. The Balaban J connectivity index is 1.07. The van der Waals surface area contributed by atoms with E-state index in [2.05, 4.69) is 10.6 Å². The molecule has 2 atom stereocenters. The lowest BCUT2D eigenvalue weighted by Crippen LogP contribution is -2.13. The number of aromatic nitrogens is 2. The molecular weight excluding hydrogens is 726 g/mol. The molecule has 54 heavy (non-hydrogen) atoms. The molecule has 0 saturated carbocycles. The lowest BCUT2D eigenvalue weighted by atomic mass is 10.0. The molecule has 0 radical (unpaired) electrons. The number of nitrogens with one attached hydrogen (secondary N) is 2. The molecule has 7 rings (SSSR count). The average Bonchev–Trinajstić information content (AvgIpc) is 3.14. The van der Waals surface area contributed by atoms with Crippen molar-refractivity contribution in [1.82, 2.24) is 9.97 Å². The van der Waals surface area contributed by atoms with Gasteiger partial charge in [-0.25, -0.2) is 9.97 Å². The fraction of sp³-hybridized carbons (Fsp3) is 0.0500. The number of amides is 2. The number of hydrogen-bond donors (Lipinski definition) is 2. The smallest absolute Gasteiger partial charge is 0.255 e. The first-order valence-electron chi connectivity index (χ1n) is 16.5. The van der Waals surface area contributed by atoms with Crippen LogP contribution in [0.4, 0.5) is 11.4 Å². The lowest BCUT2D eigenvalue weighted by molar-refractivity contribution is -0.190. The van der Waals surface area contributed by atoms with Crippen molar-refractivity contribution in [2.24, 2.45) is 0 Å². The molecule has 0 fully saturated rings. The van der Waals surface area contributed by atoms with E-state index in [1.807, 2.05) is 0 Å². The first kappa shape index (κ1) is 36.2. The van der Waals surface area contributed by atoms with Crippen molar-refractivity contribution in [3.63, 3.8) is 0 Å². The Kier molecular flexibility index (Phi) is 9.85. The summed E-state index contributed by atoms with van der Waals surface area (Å²) in [6.45, 7) is 2.01. The van der Waals surface area contributed by atoms with E-state index in [0.717, 1.165) is 35.6 Å². The van der Waals surface area contributed by atoms with Gasteiger partial charge < -0.3 is 29.5 Å². The summed E-state index contributed by atoms with van der Waals surface area (Å²) in [5, 5.41) is 5.87. The molecule has 0 aliphatic heterocycles. The summed E-state index contributed by atoms with van der Waals surface area (Å²) in [4.78, 5) is 59.2. The van der Waals surface area contributed by atoms with Crippen LogP contribution < -0.4 is 29.5 Å². The highest BCUT2D eigenvalue weighted by atomic mass is 31.2. The van der Waals surface area contributed by atoms with Gasteiger partial charge in [-0.1, -0.05) is 60.7 Å². The molecule has 2 N–H and O–H groups in total. The Morgan fingerprint density at radius 2 is 0.833 bits per heavy atom. The molecule has 14 heteroatoms. The predicted octanol–water partition coefficient (Wildman–Crippen LogP) is 7.75.